The number of sulfonamides is 1. The minimum Gasteiger partial charge on any atom is -0.495 e. The van der Waals surface area contributed by atoms with Gasteiger partial charge >= 0.3 is 0 Å². The summed E-state index contributed by atoms with van der Waals surface area (Å²) in [7, 11) is 1.37. The van der Waals surface area contributed by atoms with E-state index in [9.17, 15) is 8.42 Å². The third-order valence-corrected chi connectivity index (χ3v) is 7.30. The number of hydrogen-bond donors (Lipinski definition) is 1. The van der Waals surface area contributed by atoms with Gasteiger partial charge in [0.25, 0.3) is 0 Å². The van der Waals surface area contributed by atoms with E-state index in [0.29, 0.717) is 0 Å². The van der Waals surface area contributed by atoms with Crippen molar-refractivity contribution < 1.29 is 17.9 Å². The van der Waals surface area contributed by atoms with Gasteiger partial charge in [-0.1, -0.05) is 6.08 Å². The maximum absolute atomic E-state index is 12.2. The number of primary sulfonamides is 1. The van der Waals surface area contributed by atoms with Crippen LogP contribution in [-0.2, 0) is 14.8 Å². The van der Waals surface area contributed by atoms with Crippen LogP contribution in [0.3, 0.4) is 0 Å². The smallest absolute Gasteiger partial charge is 0.241 e. The molecule has 2 heterocycles. The van der Waals surface area contributed by atoms with E-state index in [1.165, 1.54) is 12.7 Å². The van der Waals surface area contributed by atoms with E-state index >= 15 is 0 Å². The summed E-state index contributed by atoms with van der Waals surface area (Å²) < 4.78 is 35.3. The molecule has 4 rings (SSSR count). The van der Waals surface area contributed by atoms with Crippen molar-refractivity contribution in [3.63, 3.8) is 0 Å². The summed E-state index contributed by atoms with van der Waals surface area (Å²) in [6.07, 6.45) is 7.80. The van der Waals surface area contributed by atoms with Crippen LogP contribution in [0.4, 0.5) is 0 Å². The molecule has 30 heavy (non-hydrogen) atoms. The van der Waals surface area contributed by atoms with E-state index in [2.05, 4.69) is 18.0 Å². The minimum absolute atomic E-state index is 0.0108. The monoisotopic (exact) mass is 431 g/mol. The van der Waals surface area contributed by atoms with Gasteiger partial charge in [-0.15, -0.1) is 0 Å². The Morgan fingerprint density at radius 1 is 1.20 bits per heavy atom. The van der Waals surface area contributed by atoms with Gasteiger partial charge in [0.05, 0.1) is 13.2 Å². The van der Waals surface area contributed by atoms with Crippen molar-refractivity contribution in [2.75, 3.05) is 34.4 Å². The Hall–Kier alpha value is -2.00. The van der Waals surface area contributed by atoms with E-state index in [1.807, 2.05) is 12.3 Å². The number of allylic oxidation sites excluding steroid dienone is 2. The number of ether oxygens (including phenoxy) is 2. The maximum atomic E-state index is 12.2. The van der Waals surface area contributed by atoms with Gasteiger partial charge in [0, 0.05) is 45.0 Å². The van der Waals surface area contributed by atoms with Gasteiger partial charge in [0.1, 0.15) is 10.6 Å². The Morgan fingerprint density at radius 3 is 2.63 bits per heavy atom. The molecule has 1 aliphatic carbocycles. The lowest BCUT2D eigenvalue weighted by molar-refractivity contribution is 0.0256. The zero-order chi connectivity index (χ0) is 21.5. The maximum Gasteiger partial charge on any atom is 0.241 e. The number of nitrogens with two attached hydrogens (primary N) is 1. The summed E-state index contributed by atoms with van der Waals surface area (Å²) >= 11 is 0. The summed E-state index contributed by atoms with van der Waals surface area (Å²) in [5.74, 6) is 0.571. The van der Waals surface area contributed by atoms with Gasteiger partial charge in [-0.05, 0) is 60.2 Å². The van der Waals surface area contributed by atoms with Crippen molar-refractivity contribution >= 4 is 21.3 Å². The Balaban J connectivity index is 1.80. The van der Waals surface area contributed by atoms with Crippen LogP contribution in [0.15, 0.2) is 39.9 Å². The topological polar surface area (TPSA) is 94.2 Å². The van der Waals surface area contributed by atoms with E-state index in [0.717, 1.165) is 61.2 Å². The molecule has 2 N–H and O–H groups in total. The van der Waals surface area contributed by atoms with Gasteiger partial charge in [-0.25, -0.2) is 13.6 Å². The molecule has 0 bridgehead atoms. The third kappa shape index (κ3) is 4.09. The predicted octanol–water partition coefficient (Wildman–Crippen LogP) is 2.68. The lowest BCUT2D eigenvalue weighted by Gasteiger charge is -2.36. The Kier molecular flexibility index (Phi) is 5.85. The first kappa shape index (κ1) is 21.2. The van der Waals surface area contributed by atoms with Crippen LogP contribution in [0, 0.1) is 0 Å². The van der Waals surface area contributed by atoms with Crippen LogP contribution in [0.2, 0.25) is 0 Å². The highest BCUT2D eigenvalue weighted by Gasteiger charge is 2.34. The number of likely N-dealkylation sites (N-methyl/N-ethyl adjacent to an activating group) is 1. The lowest BCUT2D eigenvalue weighted by Crippen LogP contribution is -2.29. The first-order valence-corrected chi connectivity index (χ1v) is 11.8. The number of methoxy groups -OCH3 is 2. The predicted molar refractivity (Wildman–Crippen MR) is 117 cm³/mol. The Morgan fingerprint density at radius 2 is 1.97 bits per heavy atom. The fraction of sp³-hybridized carbons (Fsp3) is 0.500. The molecule has 8 heteroatoms. The van der Waals surface area contributed by atoms with Gasteiger partial charge in [0.15, 0.2) is 0 Å². The molecular weight excluding hydrogens is 402 g/mol. The number of benzene rings is 1. The van der Waals surface area contributed by atoms with Crippen LogP contribution in [-0.4, -0.2) is 59.5 Å². The molecule has 0 amide bonds. The highest BCUT2D eigenvalue weighted by molar-refractivity contribution is 7.89. The fourth-order valence-corrected chi connectivity index (χ4v) is 5.12. The number of nitrogens with zero attached hydrogens (tertiary/aromatic N) is 2. The number of rotatable bonds is 5. The second-order valence-electron chi connectivity index (χ2n) is 8.31. The van der Waals surface area contributed by atoms with Gasteiger partial charge in [-0.3, -0.25) is 4.99 Å². The Labute approximate surface area is 178 Å². The van der Waals surface area contributed by atoms with Crippen molar-refractivity contribution in [2.24, 2.45) is 10.1 Å². The highest BCUT2D eigenvalue weighted by Crippen LogP contribution is 2.45. The van der Waals surface area contributed by atoms with E-state index in [-0.39, 0.29) is 22.7 Å². The molecule has 162 valence electrons. The van der Waals surface area contributed by atoms with Crippen molar-refractivity contribution in [3.8, 4) is 5.75 Å². The summed E-state index contributed by atoms with van der Waals surface area (Å²) in [5.41, 5.74) is 5.31. The zero-order valence-electron chi connectivity index (χ0n) is 17.7. The zero-order valence-corrected chi connectivity index (χ0v) is 18.5. The van der Waals surface area contributed by atoms with Crippen LogP contribution >= 0.6 is 0 Å². The van der Waals surface area contributed by atoms with Crippen molar-refractivity contribution in [2.45, 2.75) is 42.6 Å². The first-order chi connectivity index (χ1) is 14.3. The van der Waals surface area contributed by atoms with Crippen LogP contribution in [0.1, 0.15) is 42.7 Å². The average Bonchev–Trinajstić information content (AvgIpc) is 2.87. The number of hydrogen-bond acceptors (Lipinski definition) is 6. The van der Waals surface area contributed by atoms with Crippen LogP contribution in [0.5, 0.6) is 5.75 Å². The minimum atomic E-state index is -3.92. The molecular formula is C22H29N3O4S. The summed E-state index contributed by atoms with van der Waals surface area (Å²) in [4.78, 5) is 7.02. The molecule has 1 aromatic carbocycles. The number of fused-ring (bicyclic) bond motifs is 1. The summed E-state index contributed by atoms with van der Waals surface area (Å²) in [6.45, 7) is 1.86. The molecule has 0 saturated heterocycles. The second-order valence-corrected chi connectivity index (χ2v) is 9.84. The second kappa shape index (κ2) is 8.26. The summed E-state index contributed by atoms with van der Waals surface area (Å²) in [5, 5.41) is 5.50. The molecule has 0 aromatic heterocycles. The van der Waals surface area contributed by atoms with Gasteiger partial charge in [-0.2, -0.15) is 0 Å². The Bertz CT molecular complexity index is 1040. The normalized spacial score (nSPS) is 24.7. The van der Waals surface area contributed by atoms with Crippen molar-refractivity contribution in [3.05, 3.63) is 41.1 Å². The highest BCUT2D eigenvalue weighted by atomic mass is 32.2. The van der Waals surface area contributed by atoms with E-state index < -0.39 is 10.0 Å². The molecule has 3 aliphatic rings. The van der Waals surface area contributed by atoms with Crippen molar-refractivity contribution in [1.82, 2.24) is 4.90 Å². The van der Waals surface area contributed by atoms with Gasteiger partial charge < -0.3 is 14.4 Å². The van der Waals surface area contributed by atoms with Crippen LogP contribution in [0.25, 0.3) is 5.57 Å². The quantitative estimate of drug-likeness (QED) is 0.774. The molecule has 2 aliphatic heterocycles. The molecule has 0 atom stereocenters. The molecule has 1 fully saturated rings. The van der Waals surface area contributed by atoms with Gasteiger partial charge in [0.2, 0.25) is 10.0 Å². The molecule has 1 saturated carbocycles. The first-order valence-electron chi connectivity index (χ1n) is 10.2. The van der Waals surface area contributed by atoms with E-state index in [4.69, 9.17) is 19.6 Å². The third-order valence-electron chi connectivity index (χ3n) is 6.36. The molecule has 0 radical (unpaired) electrons. The van der Waals surface area contributed by atoms with Crippen molar-refractivity contribution in [1.29, 1.82) is 0 Å². The summed E-state index contributed by atoms with van der Waals surface area (Å²) in [6, 6.07) is 3.50. The largest absolute Gasteiger partial charge is 0.495 e. The van der Waals surface area contributed by atoms with Crippen LogP contribution < -0.4 is 9.88 Å². The average molecular weight is 432 g/mol. The van der Waals surface area contributed by atoms with E-state index in [1.54, 1.807) is 13.2 Å². The fourth-order valence-electron chi connectivity index (χ4n) is 4.41. The molecule has 0 unspecified atom stereocenters. The lowest BCUT2D eigenvalue weighted by atomic mass is 9.74. The molecule has 0 spiro atoms. The standard InChI is InChI=1S/C22H29N3O4S/c1-25-6-4-14-8-16(13-24-20(14)5-7-25)19-12-22(30(23,26)27)21(29-3)11-18(19)15-9-17(10-15)28-2/h4,11-13,15,17H,5-10H2,1-3H3,(H2,23,26,27). The SMILES string of the molecule is COc1cc(C2CC(OC)C2)c(C2=CN=C3CCN(C)CC=C3C2)cc1S(N)(=O)=O. The molecule has 7 nitrogen and oxygen atoms in total. The molecule has 1 aromatic rings. The number of aliphatic imine (C=N–C) groups is 1.